The van der Waals surface area contributed by atoms with Crippen molar-refractivity contribution in [1.29, 1.82) is 0 Å². The van der Waals surface area contributed by atoms with Crippen molar-refractivity contribution in [1.82, 2.24) is 4.90 Å². The monoisotopic (exact) mass is 267 g/mol. The van der Waals surface area contributed by atoms with E-state index in [2.05, 4.69) is 27.7 Å². The number of piperidine rings is 1. The van der Waals surface area contributed by atoms with Crippen LogP contribution in [-0.4, -0.2) is 37.0 Å². The number of carbonyl (C=O) groups excluding carboxylic acids is 2. The zero-order valence-electron chi connectivity index (χ0n) is 12.7. The van der Waals surface area contributed by atoms with Crippen molar-refractivity contribution in [3.05, 3.63) is 0 Å². The molecule has 0 N–H and O–H groups in total. The van der Waals surface area contributed by atoms with Crippen LogP contribution in [0.2, 0.25) is 0 Å². The first-order valence-electron chi connectivity index (χ1n) is 7.10. The van der Waals surface area contributed by atoms with Crippen LogP contribution < -0.4 is 0 Å². The second-order valence-corrected chi connectivity index (χ2v) is 7.02. The fraction of sp³-hybridized carbons (Fsp3) is 0.867. The molecule has 2 aliphatic rings. The first-order valence-corrected chi connectivity index (χ1v) is 7.10. The van der Waals surface area contributed by atoms with Crippen LogP contribution in [0, 0.1) is 22.7 Å². The van der Waals surface area contributed by atoms with E-state index in [1.807, 2.05) is 4.90 Å². The van der Waals surface area contributed by atoms with Gasteiger partial charge in [0.25, 0.3) is 0 Å². The number of nitrogens with zero attached hydrogens (tertiary/aromatic N) is 1. The molecule has 4 nitrogen and oxygen atoms in total. The second kappa shape index (κ2) is 4.50. The summed E-state index contributed by atoms with van der Waals surface area (Å²) in [6, 6.07) is 0. The van der Waals surface area contributed by atoms with Crippen LogP contribution >= 0.6 is 0 Å². The van der Waals surface area contributed by atoms with Gasteiger partial charge in [-0.05, 0) is 23.7 Å². The van der Waals surface area contributed by atoms with E-state index < -0.39 is 0 Å². The minimum Gasteiger partial charge on any atom is -0.469 e. The van der Waals surface area contributed by atoms with Gasteiger partial charge < -0.3 is 9.64 Å². The molecule has 108 valence electrons. The van der Waals surface area contributed by atoms with Crippen molar-refractivity contribution in [2.24, 2.45) is 22.7 Å². The van der Waals surface area contributed by atoms with Crippen LogP contribution in [0.25, 0.3) is 0 Å². The second-order valence-electron chi connectivity index (χ2n) is 7.02. The highest BCUT2D eigenvalue weighted by Gasteiger charge is 2.68. The molecule has 4 heteroatoms. The number of methoxy groups -OCH3 is 1. The summed E-state index contributed by atoms with van der Waals surface area (Å²) < 4.78 is 4.80. The van der Waals surface area contributed by atoms with Gasteiger partial charge in [0.1, 0.15) is 0 Å². The Balaban J connectivity index is 2.03. The van der Waals surface area contributed by atoms with E-state index in [-0.39, 0.29) is 34.5 Å². The number of ether oxygens (including phenoxy) is 1. The average molecular weight is 267 g/mol. The summed E-state index contributed by atoms with van der Waals surface area (Å²) >= 11 is 0. The Hall–Kier alpha value is -1.06. The molecule has 1 saturated carbocycles. The van der Waals surface area contributed by atoms with E-state index in [0.29, 0.717) is 6.54 Å². The highest BCUT2D eigenvalue weighted by Crippen LogP contribution is 2.68. The lowest BCUT2D eigenvalue weighted by atomic mass is 9.97. The lowest BCUT2D eigenvalue weighted by Gasteiger charge is -2.32. The average Bonchev–Trinajstić information content (AvgIpc) is 2.78. The Morgan fingerprint density at radius 2 is 1.74 bits per heavy atom. The molecule has 0 radical (unpaired) electrons. The Bertz CT molecular complexity index is 386. The largest absolute Gasteiger partial charge is 0.469 e. The first kappa shape index (κ1) is 14.4. The zero-order valence-corrected chi connectivity index (χ0v) is 12.7. The highest BCUT2D eigenvalue weighted by atomic mass is 16.5. The molecule has 1 unspecified atom stereocenters. The fourth-order valence-corrected chi connectivity index (χ4v) is 3.53. The molecule has 0 bridgehead atoms. The van der Waals surface area contributed by atoms with Crippen molar-refractivity contribution < 1.29 is 14.3 Å². The predicted octanol–water partition coefficient (Wildman–Crippen LogP) is 2.08. The van der Waals surface area contributed by atoms with Crippen LogP contribution in [0.5, 0.6) is 0 Å². The number of hydrogen-bond donors (Lipinski definition) is 0. The molecule has 0 spiro atoms. The van der Waals surface area contributed by atoms with Crippen molar-refractivity contribution in [2.45, 2.75) is 40.5 Å². The summed E-state index contributed by atoms with van der Waals surface area (Å²) in [7, 11) is 1.41. The van der Waals surface area contributed by atoms with E-state index in [4.69, 9.17) is 4.74 Å². The molecular weight excluding hydrogens is 242 g/mol. The quantitative estimate of drug-likeness (QED) is 0.720. The van der Waals surface area contributed by atoms with Gasteiger partial charge in [-0.1, -0.05) is 27.7 Å². The molecule has 1 saturated heterocycles. The maximum atomic E-state index is 12.6. The van der Waals surface area contributed by atoms with Gasteiger partial charge in [-0.25, -0.2) is 0 Å². The minimum atomic E-state index is -0.188. The van der Waals surface area contributed by atoms with Gasteiger partial charge in [-0.15, -0.1) is 0 Å². The number of esters is 1. The van der Waals surface area contributed by atoms with E-state index >= 15 is 0 Å². The summed E-state index contributed by atoms with van der Waals surface area (Å²) in [6.45, 7) is 9.90. The minimum absolute atomic E-state index is 0.0578. The normalized spacial score (nSPS) is 28.9. The summed E-state index contributed by atoms with van der Waals surface area (Å²) in [5.41, 5.74) is 0.116. The molecule has 2 fully saturated rings. The fourth-order valence-electron chi connectivity index (χ4n) is 3.53. The maximum absolute atomic E-state index is 12.6. The Morgan fingerprint density at radius 1 is 1.16 bits per heavy atom. The molecule has 1 heterocycles. The third-order valence-corrected chi connectivity index (χ3v) is 5.54. The van der Waals surface area contributed by atoms with Crippen molar-refractivity contribution in [3.8, 4) is 0 Å². The lowest BCUT2D eigenvalue weighted by Crippen LogP contribution is -2.44. The van der Waals surface area contributed by atoms with Gasteiger partial charge in [0.15, 0.2) is 0 Å². The SMILES string of the molecule is COC(=O)C1CCCN(C(=O)C2C(C)(C)C2(C)C)C1. The first-order chi connectivity index (χ1) is 8.73. The predicted molar refractivity (Wildman–Crippen MR) is 72.4 cm³/mol. The molecule has 2 rings (SSSR count). The molecular formula is C15H25NO3. The number of amides is 1. The number of likely N-dealkylation sites (tertiary alicyclic amines) is 1. The Morgan fingerprint density at radius 3 is 2.21 bits per heavy atom. The van der Waals surface area contributed by atoms with E-state index in [1.54, 1.807) is 0 Å². The van der Waals surface area contributed by atoms with Gasteiger partial charge in [0, 0.05) is 19.0 Å². The third kappa shape index (κ3) is 2.15. The van der Waals surface area contributed by atoms with Crippen molar-refractivity contribution in [2.75, 3.05) is 20.2 Å². The zero-order chi connectivity index (χ0) is 14.4. The van der Waals surface area contributed by atoms with Gasteiger partial charge in [0.05, 0.1) is 13.0 Å². The topological polar surface area (TPSA) is 46.6 Å². The molecule has 1 amide bonds. The van der Waals surface area contributed by atoms with Crippen molar-refractivity contribution in [3.63, 3.8) is 0 Å². The number of hydrogen-bond acceptors (Lipinski definition) is 3. The molecule has 0 aromatic rings. The van der Waals surface area contributed by atoms with Crippen LogP contribution in [0.1, 0.15) is 40.5 Å². The molecule has 0 aromatic heterocycles. The molecule has 0 aromatic carbocycles. The van der Waals surface area contributed by atoms with E-state index in [9.17, 15) is 9.59 Å². The van der Waals surface area contributed by atoms with Crippen LogP contribution in [-0.2, 0) is 14.3 Å². The highest BCUT2D eigenvalue weighted by molar-refractivity contribution is 5.85. The lowest BCUT2D eigenvalue weighted by molar-refractivity contribution is -0.149. The number of rotatable bonds is 2. The molecule has 1 aliphatic carbocycles. The third-order valence-electron chi connectivity index (χ3n) is 5.54. The summed E-state index contributed by atoms with van der Waals surface area (Å²) in [5.74, 6) is -0.0421. The Labute approximate surface area is 115 Å². The van der Waals surface area contributed by atoms with Crippen LogP contribution in [0.3, 0.4) is 0 Å². The summed E-state index contributed by atoms with van der Waals surface area (Å²) in [5, 5.41) is 0. The summed E-state index contributed by atoms with van der Waals surface area (Å²) in [4.78, 5) is 26.1. The van der Waals surface area contributed by atoms with Crippen LogP contribution in [0.15, 0.2) is 0 Å². The smallest absolute Gasteiger partial charge is 0.310 e. The van der Waals surface area contributed by atoms with Gasteiger partial charge in [-0.2, -0.15) is 0 Å². The maximum Gasteiger partial charge on any atom is 0.310 e. The molecule has 1 aliphatic heterocycles. The standard InChI is InChI=1S/C15H25NO3/c1-14(2)11(15(14,3)4)12(17)16-8-6-7-10(9-16)13(18)19-5/h10-11H,6-9H2,1-5H3. The van der Waals surface area contributed by atoms with E-state index in [1.165, 1.54) is 7.11 Å². The van der Waals surface area contributed by atoms with Gasteiger partial charge in [0.2, 0.25) is 5.91 Å². The van der Waals surface area contributed by atoms with Gasteiger partial charge in [-0.3, -0.25) is 9.59 Å². The summed E-state index contributed by atoms with van der Waals surface area (Å²) in [6.07, 6.45) is 1.72. The van der Waals surface area contributed by atoms with Crippen LogP contribution in [0.4, 0.5) is 0 Å². The molecule has 19 heavy (non-hydrogen) atoms. The van der Waals surface area contributed by atoms with Crippen molar-refractivity contribution >= 4 is 11.9 Å². The van der Waals surface area contributed by atoms with Gasteiger partial charge >= 0.3 is 5.97 Å². The Kier molecular flexibility index (Phi) is 3.40. The molecule has 1 atom stereocenters. The number of carbonyl (C=O) groups is 2. The van der Waals surface area contributed by atoms with E-state index in [0.717, 1.165) is 19.4 Å².